The molecule has 1 aliphatic carbocycles. The highest BCUT2D eigenvalue weighted by Crippen LogP contribution is 2.40. The van der Waals surface area contributed by atoms with Crippen molar-refractivity contribution in [2.75, 3.05) is 5.32 Å². The second kappa shape index (κ2) is 7.76. The standard InChI is InChI=1S/C22H20N2O2S/c25-18-12-6-4-8-15(18)14-23-22-20(17-11-5-7-13-19(17)27-22)21(26)24-16-9-2-1-3-10-16/h1-4,6,8-10,12,14,25H,5,7,11,13H2,(H,24,26)/b23-14+. The van der Waals surface area contributed by atoms with E-state index in [9.17, 15) is 9.90 Å². The summed E-state index contributed by atoms with van der Waals surface area (Å²) in [6, 6.07) is 16.5. The lowest BCUT2D eigenvalue weighted by Gasteiger charge is -2.12. The molecule has 2 N–H and O–H groups in total. The molecular formula is C22H20N2O2S. The second-order valence-corrected chi connectivity index (χ2v) is 7.61. The third-order valence-corrected chi connectivity index (χ3v) is 5.87. The van der Waals surface area contributed by atoms with Crippen LogP contribution >= 0.6 is 11.3 Å². The molecule has 1 aliphatic rings. The van der Waals surface area contributed by atoms with Crippen LogP contribution < -0.4 is 5.32 Å². The number of aryl methyl sites for hydroxylation is 1. The molecule has 27 heavy (non-hydrogen) atoms. The molecule has 0 bridgehead atoms. The SMILES string of the molecule is O=C(Nc1ccccc1)c1c(/N=C/c2ccccc2O)sc2c1CCCC2. The highest BCUT2D eigenvalue weighted by Gasteiger charge is 2.25. The maximum atomic E-state index is 13.0. The summed E-state index contributed by atoms with van der Waals surface area (Å²) in [7, 11) is 0. The summed E-state index contributed by atoms with van der Waals surface area (Å²) in [6.07, 6.45) is 5.78. The van der Waals surface area contributed by atoms with E-state index in [0.29, 0.717) is 16.1 Å². The fraction of sp³-hybridized carbons (Fsp3) is 0.182. The van der Waals surface area contributed by atoms with Gasteiger partial charge in [-0.1, -0.05) is 30.3 Å². The van der Waals surface area contributed by atoms with E-state index >= 15 is 0 Å². The zero-order valence-electron chi connectivity index (χ0n) is 14.8. The minimum Gasteiger partial charge on any atom is -0.507 e. The number of thiophene rings is 1. The van der Waals surface area contributed by atoms with Gasteiger partial charge in [-0.3, -0.25) is 4.79 Å². The maximum absolute atomic E-state index is 13.0. The number of nitrogens with zero attached hydrogens (tertiary/aromatic N) is 1. The average molecular weight is 376 g/mol. The first-order valence-electron chi connectivity index (χ1n) is 9.05. The van der Waals surface area contributed by atoms with Crippen LogP contribution in [-0.4, -0.2) is 17.2 Å². The van der Waals surface area contributed by atoms with Crippen molar-refractivity contribution in [3.8, 4) is 5.75 Å². The molecule has 1 aromatic heterocycles. The topological polar surface area (TPSA) is 61.7 Å². The van der Waals surface area contributed by atoms with Crippen LogP contribution in [0, 0.1) is 0 Å². The number of hydrogen-bond acceptors (Lipinski definition) is 4. The molecule has 0 atom stereocenters. The van der Waals surface area contributed by atoms with Crippen molar-refractivity contribution in [2.24, 2.45) is 4.99 Å². The molecule has 1 amide bonds. The number of hydrogen-bond donors (Lipinski definition) is 2. The molecule has 5 heteroatoms. The highest BCUT2D eigenvalue weighted by molar-refractivity contribution is 7.16. The Kier molecular flexibility index (Phi) is 5.03. The van der Waals surface area contributed by atoms with E-state index in [1.54, 1.807) is 35.8 Å². The molecule has 0 radical (unpaired) electrons. The van der Waals surface area contributed by atoms with Gasteiger partial charge in [0, 0.05) is 22.3 Å². The smallest absolute Gasteiger partial charge is 0.259 e. The van der Waals surface area contributed by atoms with E-state index in [1.165, 1.54) is 4.88 Å². The average Bonchev–Trinajstić information content (AvgIpc) is 3.06. The molecule has 3 aromatic rings. The number of carbonyl (C=O) groups excluding carboxylic acids is 1. The van der Waals surface area contributed by atoms with Crippen LogP contribution in [0.4, 0.5) is 10.7 Å². The molecule has 0 fully saturated rings. The van der Waals surface area contributed by atoms with Crippen molar-refractivity contribution in [3.63, 3.8) is 0 Å². The maximum Gasteiger partial charge on any atom is 0.259 e. The summed E-state index contributed by atoms with van der Waals surface area (Å²) in [5.41, 5.74) is 3.21. The van der Waals surface area contributed by atoms with Crippen molar-refractivity contribution < 1.29 is 9.90 Å². The van der Waals surface area contributed by atoms with E-state index in [0.717, 1.165) is 36.9 Å². The number of aliphatic imine (C=N–C) groups is 1. The summed E-state index contributed by atoms with van der Waals surface area (Å²) >= 11 is 1.59. The Hall–Kier alpha value is -2.92. The van der Waals surface area contributed by atoms with E-state index in [1.807, 2.05) is 36.4 Å². The van der Waals surface area contributed by atoms with Gasteiger partial charge >= 0.3 is 0 Å². The fourth-order valence-corrected chi connectivity index (χ4v) is 4.55. The quantitative estimate of drug-likeness (QED) is 0.604. The number of para-hydroxylation sites is 2. The minimum atomic E-state index is -0.120. The van der Waals surface area contributed by atoms with Crippen molar-refractivity contribution >= 4 is 34.1 Å². The van der Waals surface area contributed by atoms with Crippen molar-refractivity contribution in [1.29, 1.82) is 0 Å². The van der Waals surface area contributed by atoms with Crippen LogP contribution in [0.5, 0.6) is 5.75 Å². The Bertz CT molecular complexity index is 993. The van der Waals surface area contributed by atoms with Crippen LogP contribution in [-0.2, 0) is 12.8 Å². The Morgan fingerprint density at radius 1 is 1.04 bits per heavy atom. The van der Waals surface area contributed by atoms with Crippen LogP contribution in [0.15, 0.2) is 59.6 Å². The largest absolute Gasteiger partial charge is 0.507 e. The number of aromatic hydroxyl groups is 1. The van der Waals surface area contributed by atoms with Gasteiger partial charge in [0.05, 0.1) is 5.56 Å². The number of fused-ring (bicyclic) bond motifs is 1. The first kappa shape index (κ1) is 17.5. The van der Waals surface area contributed by atoms with Gasteiger partial charge in [0.25, 0.3) is 5.91 Å². The number of amides is 1. The number of phenols is 1. The second-order valence-electron chi connectivity index (χ2n) is 6.53. The molecule has 136 valence electrons. The van der Waals surface area contributed by atoms with Gasteiger partial charge in [0.2, 0.25) is 0 Å². The summed E-state index contributed by atoms with van der Waals surface area (Å²) in [6.45, 7) is 0. The minimum absolute atomic E-state index is 0.120. The Morgan fingerprint density at radius 3 is 2.59 bits per heavy atom. The van der Waals surface area contributed by atoms with Crippen molar-refractivity contribution in [2.45, 2.75) is 25.7 Å². The van der Waals surface area contributed by atoms with Gasteiger partial charge in [-0.2, -0.15) is 0 Å². The fourth-order valence-electron chi connectivity index (χ4n) is 3.32. The van der Waals surface area contributed by atoms with Crippen molar-refractivity contribution in [1.82, 2.24) is 0 Å². The molecule has 0 spiro atoms. The molecule has 4 rings (SSSR count). The van der Waals surface area contributed by atoms with Gasteiger partial charge in [0.15, 0.2) is 0 Å². The van der Waals surface area contributed by atoms with Gasteiger partial charge < -0.3 is 10.4 Å². The van der Waals surface area contributed by atoms with Gasteiger partial charge in [-0.15, -0.1) is 11.3 Å². The molecule has 0 saturated carbocycles. The van der Waals surface area contributed by atoms with Gasteiger partial charge in [0.1, 0.15) is 10.8 Å². The van der Waals surface area contributed by atoms with Crippen LogP contribution in [0.3, 0.4) is 0 Å². The lowest BCUT2D eigenvalue weighted by molar-refractivity contribution is 0.102. The molecule has 0 saturated heterocycles. The summed E-state index contributed by atoms with van der Waals surface area (Å²) in [4.78, 5) is 18.8. The molecule has 0 unspecified atom stereocenters. The third-order valence-electron chi connectivity index (χ3n) is 4.67. The molecule has 1 heterocycles. The number of nitrogens with one attached hydrogen (secondary N) is 1. The normalized spacial score (nSPS) is 13.5. The number of carbonyl (C=O) groups is 1. The van der Waals surface area contributed by atoms with Crippen molar-refractivity contribution in [3.05, 3.63) is 76.2 Å². The Morgan fingerprint density at radius 2 is 1.78 bits per heavy atom. The predicted octanol–water partition coefficient (Wildman–Crippen LogP) is 5.34. The summed E-state index contributed by atoms with van der Waals surface area (Å²) < 4.78 is 0. The lowest BCUT2D eigenvalue weighted by atomic mass is 9.95. The molecule has 4 nitrogen and oxygen atoms in total. The van der Waals surface area contributed by atoms with Gasteiger partial charge in [-0.25, -0.2) is 4.99 Å². The monoisotopic (exact) mass is 376 g/mol. The number of rotatable bonds is 4. The van der Waals surface area contributed by atoms with E-state index < -0.39 is 0 Å². The van der Waals surface area contributed by atoms with E-state index in [4.69, 9.17) is 0 Å². The van der Waals surface area contributed by atoms with Crippen LogP contribution in [0.25, 0.3) is 0 Å². The predicted molar refractivity (Wildman–Crippen MR) is 111 cm³/mol. The summed E-state index contributed by atoms with van der Waals surface area (Å²) in [5.74, 6) is 0.0582. The third kappa shape index (κ3) is 3.78. The number of benzene rings is 2. The van der Waals surface area contributed by atoms with Gasteiger partial charge in [-0.05, 0) is 55.5 Å². The number of phenolic OH excluding ortho intramolecular Hbond substituents is 1. The lowest BCUT2D eigenvalue weighted by Crippen LogP contribution is -2.14. The molecule has 2 aromatic carbocycles. The zero-order valence-corrected chi connectivity index (χ0v) is 15.6. The highest BCUT2D eigenvalue weighted by atomic mass is 32.1. The Labute approximate surface area is 162 Å². The molecule has 0 aliphatic heterocycles. The first-order valence-corrected chi connectivity index (χ1v) is 9.87. The molecular weight excluding hydrogens is 356 g/mol. The van der Waals surface area contributed by atoms with E-state index in [-0.39, 0.29) is 11.7 Å². The van der Waals surface area contributed by atoms with E-state index in [2.05, 4.69) is 10.3 Å². The zero-order chi connectivity index (χ0) is 18.6. The number of anilines is 1. The van der Waals surface area contributed by atoms with Crippen LogP contribution in [0.2, 0.25) is 0 Å². The first-order chi connectivity index (χ1) is 13.2. The summed E-state index contributed by atoms with van der Waals surface area (Å²) in [5, 5.41) is 13.7. The van der Waals surface area contributed by atoms with Crippen LogP contribution in [0.1, 0.15) is 39.2 Å². The Balaban J connectivity index is 1.70.